The van der Waals surface area contributed by atoms with Crippen LogP contribution in [0.1, 0.15) is 42.5 Å². The Kier molecular flexibility index (Phi) is 5.03. The van der Waals surface area contributed by atoms with Crippen molar-refractivity contribution in [1.82, 2.24) is 19.9 Å². The summed E-state index contributed by atoms with van der Waals surface area (Å²) < 4.78 is 12.2. The molecular formula is C20H24N4O3. The van der Waals surface area contributed by atoms with E-state index in [4.69, 9.17) is 9.47 Å². The minimum Gasteiger partial charge on any atom is -0.497 e. The van der Waals surface area contributed by atoms with E-state index >= 15 is 0 Å². The van der Waals surface area contributed by atoms with E-state index in [9.17, 15) is 4.79 Å². The number of carbonyl (C=O) groups is 1. The Morgan fingerprint density at radius 1 is 1.15 bits per heavy atom. The van der Waals surface area contributed by atoms with Crippen molar-refractivity contribution in [1.29, 1.82) is 0 Å². The average Bonchev–Trinajstić information content (AvgIpc) is 3.09. The molecule has 27 heavy (non-hydrogen) atoms. The number of hydrogen-bond donors (Lipinski definition) is 1. The second-order valence-electron chi connectivity index (χ2n) is 7.26. The second-order valence-corrected chi connectivity index (χ2v) is 7.26. The zero-order chi connectivity index (χ0) is 19.6. The summed E-state index contributed by atoms with van der Waals surface area (Å²) in [4.78, 5) is 17.1. The van der Waals surface area contributed by atoms with Crippen molar-refractivity contribution < 1.29 is 14.3 Å². The molecule has 7 heteroatoms. The molecule has 1 aromatic carbocycles. The van der Waals surface area contributed by atoms with Crippen molar-refractivity contribution in [3.63, 3.8) is 0 Å². The fourth-order valence-corrected chi connectivity index (χ4v) is 2.63. The van der Waals surface area contributed by atoms with Gasteiger partial charge < -0.3 is 14.8 Å². The molecule has 0 aliphatic carbocycles. The van der Waals surface area contributed by atoms with Gasteiger partial charge in [0, 0.05) is 23.6 Å². The summed E-state index contributed by atoms with van der Waals surface area (Å²) >= 11 is 0. The molecule has 2 aromatic heterocycles. The highest BCUT2D eigenvalue weighted by molar-refractivity contribution is 5.92. The zero-order valence-corrected chi connectivity index (χ0v) is 16.2. The Morgan fingerprint density at radius 2 is 1.93 bits per heavy atom. The van der Waals surface area contributed by atoms with Gasteiger partial charge in [-0.2, -0.15) is 5.10 Å². The summed E-state index contributed by atoms with van der Waals surface area (Å²) in [5, 5.41) is 7.26. The number of amides is 1. The van der Waals surface area contributed by atoms with Crippen LogP contribution in [0.4, 0.5) is 0 Å². The average molecular weight is 368 g/mol. The molecule has 3 aromatic rings. The van der Waals surface area contributed by atoms with Crippen LogP contribution >= 0.6 is 0 Å². The predicted molar refractivity (Wildman–Crippen MR) is 102 cm³/mol. The molecule has 1 N–H and O–H groups in total. The lowest BCUT2D eigenvalue weighted by Crippen LogP contribution is -2.24. The Morgan fingerprint density at radius 3 is 2.59 bits per heavy atom. The van der Waals surface area contributed by atoms with Gasteiger partial charge in [-0.3, -0.25) is 4.79 Å². The van der Waals surface area contributed by atoms with Crippen LogP contribution in [0.15, 0.2) is 36.5 Å². The number of methoxy groups -OCH3 is 2. The van der Waals surface area contributed by atoms with Crippen LogP contribution in [0.2, 0.25) is 0 Å². The first kappa shape index (κ1) is 18.7. The molecule has 0 unspecified atom stereocenters. The van der Waals surface area contributed by atoms with Gasteiger partial charge in [0.15, 0.2) is 5.65 Å². The van der Waals surface area contributed by atoms with Crippen molar-refractivity contribution in [2.24, 2.45) is 0 Å². The molecule has 0 radical (unpaired) electrons. The lowest BCUT2D eigenvalue weighted by Gasteiger charge is -2.13. The number of aromatic nitrogens is 3. The Balaban J connectivity index is 1.76. The molecule has 7 nitrogen and oxygen atoms in total. The van der Waals surface area contributed by atoms with Crippen LogP contribution in [0.5, 0.6) is 11.5 Å². The number of ether oxygens (including phenoxy) is 2. The van der Waals surface area contributed by atoms with E-state index in [-0.39, 0.29) is 11.3 Å². The third-order valence-corrected chi connectivity index (χ3v) is 4.25. The number of hydrogen-bond acceptors (Lipinski definition) is 5. The standard InChI is InChI=1S/C20H24N4O3/c1-20(2,3)17-12-24-18(22-17)9-8-15(23-24)19(25)21-11-13-6-7-14(26-4)10-16(13)27-5/h6-10,12H,11H2,1-5H3,(H,21,25). The molecule has 2 heterocycles. The molecule has 1 amide bonds. The summed E-state index contributed by atoms with van der Waals surface area (Å²) in [6, 6.07) is 8.94. The molecule has 0 atom stereocenters. The zero-order valence-electron chi connectivity index (χ0n) is 16.2. The molecule has 0 bridgehead atoms. The lowest BCUT2D eigenvalue weighted by atomic mass is 9.93. The Bertz CT molecular complexity index is 973. The summed E-state index contributed by atoms with van der Waals surface area (Å²) in [6.45, 7) is 6.59. The second kappa shape index (κ2) is 7.26. The van der Waals surface area contributed by atoms with Gasteiger partial charge in [-0.25, -0.2) is 9.50 Å². The number of imidazole rings is 1. The van der Waals surface area contributed by atoms with Crippen LogP contribution in [0, 0.1) is 0 Å². The number of fused-ring (bicyclic) bond motifs is 1. The fourth-order valence-electron chi connectivity index (χ4n) is 2.63. The van der Waals surface area contributed by atoms with Gasteiger partial charge in [-0.15, -0.1) is 0 Å². The molecule has 0 spiro atoms. The molecular weight excluding hydrogens is 344 g/mol. The SMILES string of the molecule is COc1ccc(CNC(=O)c2ccc3nc(C(C)(C)C)cn3n2)c(OC)c1. The normalized spacial score (nSPS) is 11.4. The largest absolute Gasteiger partial charge is 0.497 e. The molecule has 0 aliphatic heterocycles. The number of nitrogens with one attached hydrogen (secondary N) is 1. The van der Waals surface area contributed by atoms with E-state index < -0.39 is 0 Å². The summed E-state index contributed by atoms with van der Waals surface area (Å²) in [7, 11) is 3.18. The van der Waals surface area contributed by atoms with Gasteiger partial charge in [0.25, 0.3) is 5.91 Å². The van der Waals surface area contributed by atoms with E-state index in [1.54, 1.807) is 36.9 Å². The van der Waals surface area contributed by atoms with Crippen LogP contribution in [-0.2, 0) is 12.0 Å². The van der Waals surface area contributed by atoms with Gasteiger partial charge in [0.05, 0.1) is 26.1 Å². The Hall–Kier alpha value is -3.09. The minimum atomic E-state index is -0.263. The molecule has 3 rings (SSSR count). The quantitative estimate of drug-likeness (QED) is 0.749. The highest BCUT2D eigenvalue weighted by atomic mass is 16.5. The van der Waals surface area contributed by atoms with E-state index in [0.717, 1.165) is 11.3 Å². The molecule has 0 saturated carbocycles. The number of benzene rings is 1. The molecule has 142 valence electrons. The topological polar surface area (TPSA) is 77.8 Å². The van der Waals surface area contributed by atoms with Gasteiger partial charge in [0.2, 0.25) is 0 Å². The van der Waals surface area contributed by atoms with Gasteiger partial charge in [0.1, 0.15) is 17.2 Å². The maximum Gasteiger partial charge on any atom is 0.272 e. The first-order chi connectivity index (χ1) is 12.8. The number of rotatable bonds is 5. The van der Waals surface area contributed by atoms with Crippen molar-refractivity contribution in [3.8, 4) is 11.5 Å². The first-order valence-corrected chi connectivity index (χ1v) is 8.68. The van der Waals surface area contributed by atoms with Crippen molar-refractivity contribution in [2.45, 2.75) is 32.7 Å². The summed E-state index contributed by atoms with van der Waals surface area (Å²) in [6.07, 6.45) is 1.86. The number of carbonyl (C=O) groups excluding carboxylic acids is 1. The minimum absolute atomic E-state index is 0.0823. The molecule has 0 aliphatic rings. The predicted octanol–water partition coefficient (Wildman–Crippen LogP) is 2.97. The van der Waals surface area contributed by atoms with Crippen molar-refractivity contribution >= 4 is 11.6 Å². The highest BCUT2D eigenvalue weighted by Crippen LogP contribution is 2.24. The van der Waals surface area contributed by atoms with Crippen LogP contribution < -0.4 is 14.8 Å². The van der Waals surface area contributed by atoms with E-state index in [2.05, 4.69) is 36.2 Å². The summed E-state index contributed by atoms with van der Waals surface area (Å²) in [5.74, 6) is 1.09. The third kappa shape index (κ3) is 4.02. The van der Waals surface area contributed by atoms with Crippen LogP contribution in [0.25, 0.3) is 5.65 Å². The van der Waals surface area contributed by atoms with Gasteiger partial charge in [-0.1, -0.05) is 20.8 Å². The maximum absolute atomic E-state index is 12.5. The maximum atomic E-state index is 12.5. The van der Waals surface area contributed by atoms with E-state index in [0.29, 0.717) is 29.4 Å². The smallest absolute Gasteiger partial charge is 0.272 e. The third-order valence-electron chi connectivity index (χ3n) is 4.25. The fraction of sp³-hybridized carbons (Fsp3) is 0.350. The molecule has 0 saturated heterocycles. The van der Waals surface area contributed by atoms with Crippen molar-refractivity contribution in [3.05, 3.63) is 53.5 Å². The van der Waals surface area contributed by atoms with Crippen molar-refractivity contribution in [2.75, 3.05) is 14.2 Å². The highest BCUT2D eigenvalue weighted by Gasteiger charge is 2.19. The van der Waals surface area contributed by atoms with Gasteiger partial charge >= 0.3 is 0 Å². The summed E-state index contributed by atoms with van der Waals surface area (Å²) in [5.41, 5.74) is 2.74. The van der Waals surface area contributed by atoms with Crippen LogP contribution in [-0.4, -0.2) is 34.7 Å². The monoisotopic (exact) mass is 368 g/mol. The molecule has 0 fully saturated rings. The van der Waals surface area contributed by atoms with Gasteiger partial charge in [-0.05, 0) is 24.3 Å². The van der Waals surface area contributed by atoms with E-state index in [1.165, 1.54) is 0 Å². The number of nitrogens with zero attached hydrogens (tertiary/aromatic N) is 3. The lowest BCUT2D eigenvalue weighted by molar-refractivity contribution is 0.0944. The Labute approximate surface area is 158 Å². The van der Waals surface area contributed by atoms with E-state index in [1.807, 2.05) is 18.3 Å². The van der Waals surface area contributed by atoms with Crippen LogP contribution in [0.3, 0.4) is 0 Å². The first-order valence-electron chi connectivity index (χ1n) is 8.68.